The fourth-order valence-electron chi connectivity index (χ4n) is 4.87. The number of hydrogen-bond acceptors (Lipinski definition) is 7. The number of benzene rings is 1. The Morgan fingerprint density at radius 3 is 2.51 bits per heavy atom. The van der Waals surface area contributed by atoms with Crippen molar-refractivity contribution < 1.29 is 4.39 Å². The van der Waals surface area contributed by atoms with E-state index in [0.29, 0.717) is 11.8 Å². The molecule has 7 nitrogen and oxygen atoms in total. The Kier molecular flexibility index (Phi) is 6.01. The van der Waals surface area contributed by atoms with Gasteiger partial charge >= 0.3 is 0 Å². The number of halogens is 1. The van der Waals surface area contributed by atoms with Crippen LogP contribution < -0.4 is 10.2 Å². The maximum atomic E-state index is 14.9. The van der Waals surface area contributed by atoms with Crippen LogP contribution in [0.25, 0.3) is 11.3 Å². The maximum Gasteiger partial charge on any atom is 0.229 e. The van der Waals surface area contributed by atoms with Crippen molar-refractivity contribution in [2.24, 2.45) is 4.99 Å². The third-order valence-electron chi connectivity index (χ3n) is 7.55. The third-order valence-corrected chi connectivity index (χ3v) is 7.55. The largest absolute Gasteiger partial charge is 0.368 e. The van der Waals surface area contributed by atoms with Crippen LogP contribution in [0.4, 0.5) is 27.5 Å². The zero-order chi connectivity index (χ0) is 24.7. The monoisotopic (exact) mass is 473 g/mol. The molecule has 1 N–H and O–H groups in total. The van der Waals surface area contributed by atoms with Gasteiger partial charge in [0.05, 0.1) is 23.8 Å². The van der Waals surface area contributed by atoms with Crippen LogP contribution in [0.2, 0.25) is 0 Å². The van der Waals surface area contributed by atoms with Crippen LogP contribution in [0.5, 0.6) is 0 Å². The van der Waals surface area contributed by atoms with Crippen LogP contribution in [0.1, 0.15) is 38.3 Å². The lowest BCUT2D eigenvalue weighted by atomic mass is 9.76. The highest BCUT2D eigenvalue weighted by Gasteiger charge is 2.36. The average molecular weight is 474 g/mol. The molecule has 4 heterocycles. The molecule has 0 amide bonds. The number of nitrogens with one attached hydrogen (secondary N) is 1. The van der Waals surface area contributed by atoms with Gasteiger partial charge in [-0.05, 0) is 62.7 Å². The SMILES string of the molecule is CCC1(C)C(C)=Nc2c(C)cc(-c3nc(Nc4ccc(N5CCN(C)CC5)cn4)ncc3F)cc21. The number of pyridine rings is 1. The fraction of sp³-hybridized carbons (Fsp3) is 0.407. The Morgan fingerprint density at radius 1 is 1.06 bits per heavy atom. The molecule has 0 spiro atoms. The molecular weight excluding hydrogens is 441 g/mol. The van der Waals surface area contributed by atoms with E-state index in [9.17, 15) is 4.39 Å². The number of likely N-dealkylation sites (N-methyl/N-ethyl adjacent to an activating group) is 1. The van der Waals surface area contributed by atoms with Crippen LogP contribution in [0.15, 0.2) is 41.7 Å². The van der Waals surface area contributed by atoms with Crippen LogP contribution in [0.3, 0.4) is 0 Å². The zero-order valence-electron chi connectivity index (χ0n) is 21.1. The number of aromatic nitrogens is 3. The summed E-state index contributed by atoms with van der Waals surface area (Å²) in [6.45, 7) is 12.5. The van der Waals surface area contributed by atoms with E-state index < -0.39 is 5.82 Å². The molecule has 182 valence electrons. The number of anilines is 3. The van der Waals surface area contributed by atoms with E-state index in [4.69, 9.17) is 4.99 Å². The summed E-state index contributed by atoms with van der Waals surface area (Å²) in [6, 6.07) is 7.94. The normalized spacial score (nSPS) is 20.1. The Bertz CT molecular complexity index is 1280. The molecule has 2 aromatic heterocycles. The summed E-state index contributed by atoms with van der Waals surface area (Å²) in [5.74, 6) is 0.473. The smallest absolute Gasteiger partial charge is 0.229 e. The fourth-order valence-corrected chi connectivity index (χ4v) is 4.87. The van der Waals surface area contributed by atoms with Gasteiger partial charge in [0.25, 0.3) is 0 Å². The number of nitrogens with zero attached hydrogens (tertiary/aromatic N) is 6. The van der Waals surface area contributed by atoms with E-state index in [0.717, 1.165) is 66.4 Å². The second kappa shape index (κ2) is 9.00. The minimum atomic E-state index is -0.456. The lowest BCUT2D eigenvalue weighted by Gasteiger charge is -2.33. The predicted octanol–water partition coefficient (Wildman–Crippen LogP) is 5.26. The zero-order valence-corrected chi connectivity index (χ0v) is 21.1. The van der Waals surface area contributed by atoms with Gasteiger partial charge in [-0.2, -0.15) is 0 Å². The van der Waals surface area contributed by atoms with E-state index >= 15 is 0 Å². The summed E-state index contributed by atoms with van der Waals surface area (Å²) in [6.07, 6.45) is 4.00. The molecule has 0 aliphatic carbocycles. The van der Waals surface area contributed by atoms with Crippen LogP contribution >= 0.6 is 0 Å². The number of aryl methyl sites for hydroxylation is 1. The van der Waals surface area contributed by atoms with Gasteiger partial charge in [-0.3, -0.25) is 4.99 Å². The van der Waals surface area contributed by atoms with Gasteiger partial charge in [-0.25, -0.2) is 19.3 Å². The lowest BCUT2D eigenvalue weighted by molar-refractivity contribution is 0.313. The summed E-state index contributed by atoms with van der Waals surface area (Å²) in [7, 11) is 2.14. The van der Waals surface area contributed by atoms with Gasteiger partial charge in [0.2, 0.25) is 5.95 Å². The predicted molar refractivity (Wildman–Crippen MR) is 140 cm³/mol. The van der Waals surface area contributed by atoms with Gasteiger partial charge in [0.15, 0.2) is 5.82 Å². The number of aliphatic imine (C=N–C) groups is 1. The molecule has 3 aromatic rings. The Balaban J connectivity index is 1.40. The first kappa shape index (κ1) is 23.4. The van der Waals surface area contributed by atoms with Crippen molar-refractivity contribution in [3.05, 3.63) is 53.6 Å². The van der Waals surface area contributed by atoms with Crippen molar-refractivity contribution in [2.45, 2.75) is 39.5 Å². The molecular formula is C27H32FN7. The highest BCUT2D eigenvalue weighted by molar-refractivity contribution is 6.01. The maximum absolute atomic E-state index is 14.9. The summed E-state index contributed by atoms with van der Waals surface area (Å²) in [5.41, 5.74) is 6.16. The molecule has 0 radical (unpaired) electrons. The first-order valence-corrected chi connectivity index (χ1v) is 12.2. The molecule has 2 aliphatic heterocycles. The molecule has 0 saturated carbocycles. The van der Waals surface area contributed by atoms with Crippen molar-refractivity contribution in [1.29, 1.82) is 0 Å². The minimum absolute atomic E-state index is 0.157. The number of hydrogen-bond donors (Lipinski definition) is 1. The minimum Gasteiger partial charge on any atom is -0.368 e. The third kappa shape index (κ3) is 4.27. The van der Waals surface area contributed by atoms with Gasteiger partial charge in [0, 0.05) is 42.9 Å². The van der Waals surface area contributed by atoms with Crippen molar-refractivity contribution in [3.63, 3.8) is 0 Å². The van der Waals surface area contributed by atoms with Crippen LogP contribution in [-0.4, -0.2) is 58.8 Å². The van der Waals surface area contributed by atoms with Crippen molar-refractivity contribution in [1.82, 2.24) is 19.9 Å². The highest BCUT2D eigenvalue weighted by Crippen LogP contribution is 2.46. The molecule has 1 aromatic carbocycles. The van der Waals surface area contributed by atoms with Crippen molar-refractivity contribution >= 4 is 28.9 Å². The van der Waals surface area contributed by atoms with Crippen LogP contribution in [-0.2, 0) is 5.41 Å². The molecule has 1 fully saturated rings. The number of fused-ring (bicyclic) bond motifs is 1. The van der Waals surface area contributed by atoms with E-state index in [-0.39, 0.29) is 11.1 Å². The summed E-state index contributed by atoms with van der Waals surface area (Å²) >= 11 is 0. The first-order valence-electron chi connectivity index (χ1n) is 12.2. The van der Waals surface area contributed by atoms with Crippen molar-refractivity contribution in [3.8, 4) is 11.3 Å². The van der Waals surface area contributed by atoms with Gasteiger partial charge in [0.1, 0.15) is 11.5 Å². The average Bonchev–Trinajstić information content (AvgIpc) is 3.12. The number of rotatable bonds is 5. The quantitative estimate of drug-likeness (QED) is 0.545. The van der Waals surface area contributed by atoms with E-state index in [1.165, 1.54) is 6.20 Å². The van der Waals surface area contributed by atoms with Crippen LogP contribution in [0, 0.1) is 12.7 Å². The summed E-state index contributed by atoms with van der Waals surface area (Å²) in [5, 5.41) is 3.13. The molecule has 1 unspecified atom stereocenters. The lowest BCUT2D eigenvalue weighted by Crippen LogP contribution is -2.44. The number of piperazine rings is 1. The Labute approximate surface area is 206 Å². The molecule has 35 heavy (non-hydrogen) atoms. The topological polar surface area (TPSA) is 69.5 Å². The molecule has 0 bridgehead atoms. The standard InChI is InChI=1S/C27H32FN7/c1-6-27(4)18(3)31-24-17(2)13-19(14-21(24)27)25-22(28)16-30-26(33-25)32-23-8-7-20(15-29-23)35-11-9-34(5)10-12-35/h7-8,13-16H,6,9-12H2,1-5H3,(H,29,30,32,33). The van der Waals surface area contributed by atoms with E-state index in [1.54, 1.807) is 0 Å². The van der Waals surface area contributed by atoms with Crippen molar-refractivity contribution in [2.75, 3.05) is 43.4 Å². The van der Waals surface area contributed by atoms with Gasteiger partial charge in [-0.1, -0.05) is 13.8 Å². The molecule has 8 heteroatoms. The Morgan fingerprint density at radius 2 is 1.83 bits per heavy atom. The Hall–Kier alpha value is -3.39. The molecule has 1 atom stereocenters. The summed E-state index contributed by atoms with van der Waals surface area (Å²) < 4.78 is 14.9. The molecule has 5 rings (SSSR count). The highest BCUT2D eigenvalue weighted by atomic mass is 19.1. The second-order valence-corrected chi connectivity index (χ2v) is 9.78. The van der Waals surface area contributed by atoms with E-state index in [1.807, 2.05) is 37.4 Å². The van der Waals surface area contributed by atoms with Gasteiger partial charge < -0.3 is 15.1 Å². The summed E-state index contributed by atoms with van der Waals surface area (Å²) in [4.78, 5) is 22.7. The first-order chi connectivity index (χ1) is 16.8. The molecule has 2 aliphatic rings. The van der Waals surface area contributed by atoms with Gasteiger partial charge in [-0.15, -0.1) is 0 Å². The van der Waals surface area contributed by atoms with E-state index in [2.05, 4.69) is 57.9 Å². The molecule has 1 saturated heterocycles. The second-order valence-electron chi connectivity index (χ2n) is 9.78.